The molecule has 1 aromatic rings. The first-order valence-electron chi connectivity index (χ1n) is 5.04. The summed E-state index contributed by atoms with van der Waals surface area (Å²) in [5.41, 5.74) is 5.37. The van der Waals surface area contributed by atoms with E-state index in [1.54, 1.807) is 11.3 Å². The average molecular weight is 225 g/mol. The van der Waals surface area contributed by atoms with Gasteiger partial charge in [0.1, 0.15) is 6.04 Å². The van der Waals surface area contributed by atoms with Gasteiger partial charge in [-0.1, -0.05) is 6.07 Å². The van der Waals surface area contributed by atoms with Crippen LogP contribution in [0.15, 0.2) is 17.5 Å². The molecule has 1 atom stereocenters. The zero-order valence-corrected chi connectivity index (χ0v) is 9.30. The predicted molar refractivity (Wildman–Crippen MR) is 60.6 cm³/mol. The van der Waals surface area contributed by atoms with Gasteiger partial charge in [0.05, 0.1) is 0 Å². The minimum atomic E-state index is -0.237. The maximum absolute atomic E-state index is 11.2. The SMILES string of the molecule is NC(=O)C1CNCCN1Cc1cccs1. The van der Waals surface area contributed by atoms with E-state index < -0.39 is 0 Å². The summed E-state index contributed by atoms with van der Waals surface area (Å²) in [5, 5.41) is 5.24. The molecule has 0 radical (unpaired) electrons. The molecular formula is C10H15N3OS. The van der Waals surface area contributed by atoms with Crippen molar-refractivity contribution in [2.45, 2.75) is 12.6 Å². The van der Waals surface area contributed by atoms with E-state index in [0.29, 0.717) is 6.54 Å². The van der Waals surface area contributed by atoms with E-state index in [9.17, 15) is 4.79 Å². The van der Waals surface area contributed by atoms with Crippen molar-refractivity contribution in [3.05, 3.63) is 22.4 Å². The molecule has 1 aliphatic rings. The van der Waals surface area contributed by atoms with Crippen LogP contribution in [-0.2, 0) is 11.3 Å². The molecule has 1 unspecified atom stereocenters. The average Bonchev–Trinajstić information content (AvgIpc) is 2.71. The molecule has 0 spiro atoms. The molecule has 5 heteroatoms. The lowest BCUT2D eigenvalue weighted by molar-refractivity contribution is -0.124. The molecule has 0 saturated carbocycles. The molecule has 4 nitrogen and oxygen atoms in total. The summed E-state index contributed by atoms with van der Waals surface area (Å²) in [6, 6.07) is 3.95. The van der Waals surface area contributed by atoms with Crippen molar-refractivity contribution in [3.63, 3.8) is 0 Å². The first-order valence-corrected chi connectivity index (χ1v) is 5.92. The first-order chi connectivity index (χ1) is 7.27. The van der Waals surface area contributed by atoms with E-state index in [-0.39, 0.29) is 11.9 Å². The molecule has 0 aromatic carbocycles. The molecule has 0 bridgehead atoms. The Morgan fingerprint density at radius 1 is 1.73 bits per heavy atom. The van der Waals surface area contributed by atoms with Gasteiger partial charge in [-0.2, -0.15) is 0 Å². The normalized spacial score (nSPS) is 22.8. The molecule has 1 saturated heterocycles. The van der Waals surface area contributed by atoms with Gasteiger partial charge in [0.2, 0.25) is 5.91 Å². The minimum Gasteiger partial charge on any atom is -0.368 e. The number of piperazine rings is 1. The van der Waals surface area contributed by atoms with E-state index in [4.69, 9.17) is 5.73 Å². The smallest absolute Gasteiger partial charge is 0.236 e. The monoisotopic (exact) mass is 225 g/mol. The Hall–Kier alpha value is -0.910. The fourth-order valence-corrected chi connectivity index (χ4v) is 2.55. The number of rotatable bonds is 3. The Bertz CT molecular complexity index is 325. The van der Waals surface area contributed by atoms with Crippen molar-refractivity contribution < 1.29 is 4.79 Å². The van der Waals surface area contributed by atoms with Crippen molar-refractivity contribution in [3.8, 4) is 0 Å². The van der Waals surface area contributed by atoms with Gasteiger partial charge in [-0.05, 0) is 11.4 Å². The molecule has 15 heavy (non-hydrogen) atoms. The third kappa shape index (κ3) is 2.56. The van der Waals surface area contributed by atoms with Crippen LogP contribution in [0.2, 0.25) is 0 Å². The predicted octanol–water partition coefficient (Wildman–Crippen LogP) is 0.00720. The topological polar surface area (TPSA) is 58.4 Å². The Morgan fingerprint density at radius 3 is 3.27 bits per heavy atom. The zero-order valence-electron chi connectivity index (χ0n) is 8.48. The quantitative estimate of drug-likeness (QED) is 0.761. The van der Waals surface area contributed by atoms with E-state index in [1.165, 1.54) is 4.88 Å². The summed E-state index contributed by atoms with van der Waals surface area (Å²) >= 11 is 1.72. The van der Waals surface area contributed by atoms with Crippen LogP contribution >= 0.6 is 11.3 Å². The highest BCUT2D eigenvalue weighted by Gasteiger charge is 2.26. The van der Waals surface area contributed by atoms with Gasteiger partial charge in [-0.25, -0.2) is 0 Å². The first kappa shape index (κ1) is 10.6. The molecule has 0 aliphatic carbocycles. The second-order valence-corrected chi connectivity index (χ2v) is 4.70. The van der Waals surface area contributed by atoms with Gasteiger partial charge in [0, 0.05) is 31.1 Å². The highest BCUT2D eigenvalue weighted by Crippen LogP contribution is 2.14. The van der Waals surface area contributed by atoms with Gasteiger partial charge in [-0.3, -0.25) is 9.69 Å². The van der Waals surface area contributed by atoms with Gasteiger partial charge >= 0.3 is 0 Å². The van der Waals surface area contributed by atoms with Crippen LogP contribution in [0.3, 0.4) is 0 Å². The second-order valence-electron chi connectivity index (χ2n) is 3.67. The molecular weight excluding hydrogens is 210 g/mol. The molecule has 2 heterocycles. The summed E-state index contributed by atoms with van der Waals surface area (Å²) in [6.45, 7) is 3.30. The number of nitrogens with two attached hydrogens (primary N) is 1. The van der Waals surface area contributed by atoms with E-state index in [0.717, 1.165) is 19.6 Å². The Kier molecular flexibility index (Phi) is 3.35. The maximum atomic E-state index is 11.2. The molecule has 2 rings (SSSR count). The van der Waals surface area contributed by atoms with Crippen LogP contribution in [0.4, 0.5) is 0 Å². The minimum absolute atomic E-state index is 0.166. The Morgan fingerprint density at radius 2 is 2.60 bits per heavy atom. The number of nitrogens with one attached hydrogen (secondary N) is 1. The van der Waals surface area contributed by atoms with Crippen molar-refractivity contribution in [1.82, 2.24) is 10.2 Å². The Balaban J connectivity index is 2.02. The summed E-state index contributed by atoms with van der Waals surface area (Å²) in [4.78, 5) is 14.7. The molecule has 1 amide bonds. The number of primary amides is 1. The van der Waals surface area contributed by atoms with Gasteiger partial charge in [-0.15, -0.1) is 11.3 Å². The molecule has 3 N–H and O–H groups in total. The number of hydrogen-bond donors (Lipinski definition) is 2. The standard InChI is InChI=1S/C10H15N3OS/c11-10(14)9-6-12-3-4-13(9)7-8-2-1-5-15-8/h1-2,5,9,12H,3-4,6-7H2,(H2,11,14). The maximum Gasteiger partial charge on any atom is 0.236 e. The highest BCUT2D eigenvalue weighted by atomic mass is 32.1. The van der Waals surface area contributed by atoms with Crippen molar-refractivity contribution in [2.75, 3.05) is 19.6 Å². The third-order valence-electron chi connectivity index (χ3n) is 2.62. The van der Waals surface area contributed by atoms with Crippen LogP contribution in [0.5, 0.6) is 0 Å². The number of carbonyl (C=O) groups is 1. The summed E-state index contributed by atoms with van der Waals surface area (Å²) in [7, 11) is 0. The van der Waals surface area contributed by atoms with Gasteiger partial charge < -0.3 is 11.1 Å². The van der Waals surface area contributed by atoms with Gasteiger partial charge in [0.25, 0.3) is 0 Å². The van der Waals surface area contributed by atoms with Crippen molar-refractivity contribution in [2.24, 2.45) is 5.73 Å². The van der Waals surface area contributed by atoms with E-state index >= 15 is 0 Å². The lowest BCUT2D eigenvalue weighted by Crippen LogP contribution is -2.56. The Labute approximate surface area is 93.1 Å². The highest BCUT2D eigenvalue weighted by molar-refractivity contribution is 7.09. The summed E-state index contributed by atoms with van der Waals surface area (Å²) < 4.78 is 0. The van der Waals surface area contributed by atoms with Crippen molar-refractivity contribution in [1.29, 1.82) is 0 Å². The van der Waals surface area contributed by atoms with Crippen LogP contribution in [0.25, 0.3) is 0 Å². The van der Waals surface area contributed by atoms with Gasteiger partial charge in [0.15, 0.2) is 0 Å². The number of thiophene rings is 1. The number of carbonyl (C=O) groups excluding carboxylic acids is 1. The van der Waals surface area contributed by atoms with E-state index in [2.05, 4.69) is 21.7 Å². The molecule has 82 valence electrons. The zero-order chi connectivity index (χ0) is 10.7. The van der Waals surface area contributed by atoms with Crippen LogP contribution in [0, 0.1) is 0 Å². The lowest BCUT2D eigenvalue weighted by atomic mass is 10.2. The second kappa shape index (κ2) is 4.74. The lowest BCUT2D eigenvalue weighted by Gasteiger charge is -2.33. The fourth-order valence-electron chi connectivity index (χ4n) is 1.82. The summed E-state index contributed by atoms with van der Waals surface area (Å²) in [5.74, 6) is -0.237. The van der Waals surface area contributed by atoms with Crippen molar-refractivity contribution >= 4 is 17.2 Å². The number of hydrogen-bond acceptors (Lipinski definition) is 4. The number of nitrogens with zero attached hydrogens (tertiary/aromatic N) is 1. The van der Waals surface area contributed by atoms with E-state index in [1.807, 2.05) is 6.07 Å². The third-order valence-corrected chi connectivity index (χ3v) is 3.48. The molecule has 1 aliphatic heterocycles. The number of amides is 1. The summed E-state index contributed by atoms with van der Waals surface area (Å²) in [6.07, 6.45) is 0. The largest absolute Gasteiger partial charge is 0.368 e. The van der Waals surface area contributed by atoms with Crippen LogP contribution in [-0.4, -0.2) is 36.5 Å². The molecule has 1 aromatic heterocycles. The molecule has 1 fully saturated rings. The van der Waals surface area contributed by atoms with Crippen LogP contribution < -0.4 is 11.1 Å². The van der Waals surface area contributed by atoms with Crippen LogP contribution in [0.1, 0.15) is 4.88 Å². The fraction of sp³-hybridized carbons (Fsp3) is 0.500.